The van der Waals surface area contributed by atoms with Gasteiger partial charge in [-0.3, -0.25) is 0 Å². The van der Waals surface area contributed by atoms with E-state index in [0.29, 0.717) is 17.8 Å². The first-order chi connectivity index (χ1) is 8.08. The van der Waals surface area contributed by atoms with Crippen LogP contribution in [0.2, 0.25) is 0 Å². The van der Waals surface area contributed by atoms with Crippen LogP contribution in [0.1, 0.15) is 45.5 Å². The third kappa shape index (κ3) is 2.77. The summed E-state index contributed by atoms with van der Waals surface area (Å²) in [7, 11) is 0. The van der Waals surface area contributed by atoms with Gasteiger partial charge in [-0.25, -0.2) is 0 Å². The predicted octanol–water partition coefficient (Wildman–Crippen LogP) is 1.96. The number of rotatable bonds is 3. The molecule has 1 fully saturated rings. The molecular weight excluding hydrogens is 216 g/mol. The van der Waals surface area contributed by atoms with E-state index in [1.165, 1.54) is 12.8 Å². The second-order valence-corrected chi connectivity index (χ2v) is 5.36. The molecule has 1 aliphatic rings. The van der Waals surface area contributed by atoms with E-state index >= 15 is 0 Å². The fourth-order valence-corrected chi connectivity index (χ4v) is 1.97. The Bertz CT molecular complexity index is 355. The number of hydrogen-bond donors (Lipinski definition) is 1. The number of aromatic nitrogens is 2. The highest BCUT2D eigenvalue weighted by Gasteiger charge is 2.23. The molecule has 0 aromatic carbocycles. The lowest BCUT2D eigenvalue weighted by molar-refractivity contribution is 0.371. The van der Waals surface area contributed by atoms with E-state index in [0.717, 1.165) is 19.0 Å². The van der Waals surface area contributed by atoms with Crippen molar-refractivity contribution < 1.29 is 4.42 Å². The second-order valence-electron chi connectivity index (χ2n) is 5.36. The van der Waals surface area contributed by atoms with E-state index in [9.17, 15) is 0 Å². The van der Waals surface area contributed by atoms with Gasteiger partial charge in [0.2, 0.25) is 5.89 Å². The van der Waals surface area contributed by atoms with E-state index in [2.05, 4.69) is 35.9 Å². The van der Waals surface area contributed by atoms with Crippen LogP contribution in [0.25, 0.3) is 0 Å². The molecule has 0 radical (unpaired) electrons. The van der Waals surface area contributed by atoms with Gasteiger partial charge in [0.25, 0.3) is 0 Å². The Labute approximate surface area is 102 Å². The van der Waals surface area contributed by atoms with E-state index in [1.54, 1.807) is 0 Å². The number of hydrogen-bond acceptors (Lipinski definition) is 5. The lowest BCUT2D eigenvalue weighted by Crippen LogP contribution is -2.32. The summed E-state index contributed by atoms with van der Waals surface area (Å²) in [5, 5.41) is 8.15. The van der Waals surface area contributed by atoms with Crippen molar-refractivity contribution in [2.45, 2.75) is 39.7 Å². The van der Waals surface area contributed by atoms with Crippen LogP contribution in [0.5, 0.6) is 0 Å². The van der Waals surface area contributed by atoms with E-state index in [4.69, 9.17) is 10.2 Å². The van der Waals surface area contributed by atoms with Crippen molar-refractivity contribution in [3.63, 3.8) is 0 Å². The van der Waals surface area contributed by atoms with Crippen LogP contribution in [-0.4, -0.2) is 23.3 Å². The summed E-state index contributed by atoms with van der Waals surface area (Å²) in [5.74, 6) is 1.66. The van der Waals surface area contributed by atoms with Gasteiger partial charge in [0.1, 0.15) is 0 Å². The molecule has 1 aliphatic heterocycles. The Morgan fingerprint density at radius 2 is 1.94 bits per heavy atom. The van der Waals surface area contributed by atoms with Crippen LogP contribution in [0.4, 0.5) is 6.01 Å². The highest BCUT2D eigenvalue weighted by atomic mass is 16.4. The average molecular weight is 238 g/mol. The summed E-state index contributed by atoms with van der Waals surface area (Å²) in [6.07, 6.45) is 2.38. The van der Waals surface area contributed by atoms with Crippen LogP contribution in [0, 0.1) is 11.8 Å². The fraction of sp³-hybridized carbons (Fsp3) is 0.833. The lowest BCUT2D eigenvalue weighted by Gasteiger charge is -2.28. The van der Waals surface area contributed by atoms with Gasteiger partial charge in [-0.15, -0.1) is 5.10 Å². The number of anilines is 1. The first kappa shape index (κ1) is 12.4. The number of piperidine rings is 1. The molecule has 0 amide bonds. The van der Waals surface area contributed by atoms with Gasteiger partial charge in [0.15, 0.2) is 0 Å². The molecule has 0 saturated carbocycles. The third-order valence-electron chi connectivity index (χ3n) is 3.49. The summed E-state index contributed by atoms with van der Waals surface area (Å²) in [6, 6.07) is 0.461. The average Bonchev–Trinajstić information content (AvgIpc) is 2.78. The molecule has 0 bridgehead atoms. The van der Waals surface area contributed by atoms with Crippen molar-refractivity contribution >= 4 is 6.01 Å². The maximum atomic E-state index is 5.99. The van der Waals surface area contributed by atoms with Gasteiger partial charge in [-0.05, 0) is 24.7 Å². The summed E-state index contributed by atoms with van der Waals surface area (Å²) in [4.78, 5) is 2.16. The maximum absolute atomic E-state index is 5.99. The Morgan fingerprint density at radius 1 is 1.29 bits per heavy atom. The third-order valence-corrected chi connectivity index (χ3v) is 3.49. The van der Waals surface area contributed by atoms with Crippen LogP contribution < -0.4 is 10.6 Å². The van der Waals surface area contributed by atoms with Gasteiger partial charge < -0.3 is 15.1 Å². The van der Waals surface area contributed by atoms with Crippen molar-refractivity contribution in [3.05, 3.63) is 5.89 Å². The van der Waals surface area contributed by atoms with Crippen molar-refractivity contribution in [3.8, 4) is 0 Å². The van der Waals surface area contributed by atoms with Crippen molar-refractivity contribution in [2.24, 2.45) is 17.6 Å². The zero-order valence-electron chi connectivity index (χ0n) is 10.9. The monoisotopic (exact) mass is 238 g/mol. The molecule has 17 heavy (non-hydrogen) atoms. The van der Waals surface area contributed by atoms with Crippen LogP contribution >= 0.6 is 0 Å². The minimum atomic E-state index is -0.167. The minimum absolute atomic E-state index is 0.167. The Morgan fingerprint density at radius 3 is 2.53 bits per heavy atom. The highest BCUT2D eigenvalue weighted by molar-refractivity contribution is 5.25. The quantitative estimate of drug-likeness (QED) is 0.871. The Balaban J connectivity index is 2.03. The standard InChI is InChI=1S/C12H22N4O/c1-8(2)10(13)11-14-15-12(17-11)16-6-4-9(3)5-7-16/h8-10H,4-7,13H2,1-3H3. The largest absolute Gasteiger partial charge is 0.406 e. The molecule has 5 heteroatoms. The van der Waals surface area contributed by atoms with Crippen LogP contribution in [-0.2, 0) is 0 Å². The summed E-state index contributed by atoms with van der Waals surface area (Å²) in [6.45, 7) is 8.39. The summed E-state index contributed by atoms with van der Waals surface area (Å²) < 4.78 is 5.66. The molecule has 2 rings (SSSR count). The fourth-order valence-electron chi connectivity index (χ4n) is 1.97. The molecule has 5 nitrogen and oxygen atoms in total. The Hall–Kier alpha value is -1.10. The molecule has 96 valence electrons. The zero-order chi connectivity index (χ0) is 12.4. The van der Waals surface area contributed by atoms with Gasteiger partial charge in [0, 0.05) is 13.1 Å². The first-order valence-corrected chi connectivity index (χ1v) is 6.42. The number of nitrogens with zero attached hydrogens (tertiary/aromatic N) is 3. The predicted molar refractivity (Wildman–Crippen MR) is 66.7 cm³/mol. The summed E-state index contributed by atoms with van der Waals surface area (Å²) >= 11 is 0. The molecule has 1 atom stereocenters. The molecule has 2 N–H and O–H groups in total. The van der Waals surface area contributed by atoms with Crippen LogP contribution in [0.3, 0.4) is 0 Å². The van der Waals surface area contributed by atoms with Gasteiger partial charge in [-0.2, -0.15) is 0 Å². The van der Waals surface area contributed by atoms with Gasteiger partial charge in [-0.1, -0.05) is 25.9 Å². The second kappa shape index (κ2) is 5.04. The van der Waals surface area contributed by atoms with Crippen molar-refractivity contribution in [1.82, 2.24) is 10.2 Å². The topological polar surface area (TPSA) is 68.2 Å². The smallest absolute Gasteiger partial charge is 0.318 e. The SMILES string of the molecule is CC1CCN(c2nnc(C(N)C(C)C)o2)CC1. The number of nitrogens with two attached hydrogens (primary N) is 1. The summed E-state index contributed by atoms with van der Waals surface area (Å²) in [5.41, 5.74) is 5.99. The van der Waals surface area contributed by atoms with E-state index < -0.39 is 0 Å². The molecule has 1 aromatic heterocycles. The van der Waals surface area contributed by atoms with Gasteiger partial charge >= 0.3 is 6.01 Å². The molecule has 1 aromatic rings. The first-order valence-electron chi connectivity index (χ1n) is 6.42. The highest BCUT2D eigenvalue weighted by Crippen LogP contribution is 2.24. The van der Waals surface area contributed by atoms with Gasteiger partial charge in [0.05, 0.1) is 6.04 Å². The Kier molecular flexibility index (Phi) is 3.66. The van der Waals surface area contributed by atoms with Crippen molar-refractivity contribution in [1.29, 1.82) is 0 Å². The molecular formula is C12H22N4O. The molecule has 0 spiro atoms. The maximum Gasteiger partial charge on any atom is 0.318 e. The normalized spacial score (nSPS) is 19.9. The lowest BCUT2D eigenvalue weighted by atomic mass is 10.00. The molecule has 2 heterocycles. The molecule has 1 saturated heterocycles. The molecule has 1 unspecified atom stereocenters. The van der Waals surface area contributed by atoms with Crippen LogP contribution in [0.15, 0.2) is 4.42 Å². The minimum Gasteiger partial charge on any atom is -0.406 e. The zero-order valence-corrected chi connectivity index (χ0v) is 10.9. The van der Waals surface area contributed by atoms with Crippen molar-refractivity contribution in [2.75, 3.05) is 18.0 Å². The van der Waals surface area contributed by atoms with E-state index in [1.807, 2.05) is 0 Å². The molecule has 0 aliphatic carbocycles. The van der Waals surface area contributed by atoms with E-state index in [-0.39, 0.29) is 6.04 Å².